The molecule has 0 aliphatic rings. The van der Waals surface area contributed by atoms with Crippen LogP contribution >= 0.6 is 0 Å². The van der Waals surface area contributed by atoms with Gasteiger partial charge in [-0.25, -0.2) is 0 Å². The highest BCUT2D eigenvalue weighted by Gasteiger charge is 1.96. The summed E-state index contributed by atoms with van der Waals surface area (Å²) in [4.78, 5) is 0. The molecule has 0 aliphatic carbocycles. The molecule has 0 saturated heterocycles. The lowest BCUT2D eigenvalue weighted by Crippen LogP contribution is -2.13. The van der Waals surface area contributed by atoms with E-state index in [4.69, 9.17) is 6.42 Å². The first-order chi connectivity index (χ1) is 6.86. The Labute approximate surface area is 85.5 Å². The largest absolute Gasteiger partial charge is 0.312 e. The van der Waals surface area contributed by atoms with Crippen LogP contribution in [0.15, 0.2) is 12.4 Å². The van der Waals surface area contributed by atoms with E-state index in [0.717, 1.165) is 32.5 Å². The molecule has 0 aliphatic heterocycles. The Morgan fingerprint density at radius 2 is 2.50 bits per heavy atom. The number of aromatic nitrogens is 2. The average molecular weight is 191 g/mol. The van der Waals surface area contributed by atoms with Crippen LogP contribution in [0.25, 0.3) is 0 Å². The summed E-state index contributed by atoms with van der Waals surface area (Å²) in [5.74, 6) is 2.60. The van der Waals surface area contributed by atoms with Crippen LogP contribution < -0.4 is 5.32 Å². The second kappa shape index (κ2) is 6.22. The van der Waals surface area contributed by atoms with Crippen molar-refractivity contribution in [1.82, 2.24) is 15.1 Å². The van der Waals surface area contributed by atoms with E-state index in [0.29, 0.717) is 0 Å². The summed E-state index contributed by atoms with van der Waals surface area (Å²) in [6.07, 6.45) is 11.0. The molecule has 0 fully saturated rings. The number of terminal acetylenes is 1. The smallest absolute Gasteiger partial charge is 0.0534 e. The number of hydrogen-bond acceptors (Lipinski definition) is 2. The molecule has 0 radical (unpaired) electrons. The molecule has 0 spiro atoms. The van der Waals surface area contributed by atoms with Crippen molar-refractivity contribution in [3.63, 3.8) is 0 Å². The van der Waals surface area contributed by atoms with Gasteiger partial charge in [0.1, 0.15) is 0 Å². The number of rotatable bonds is 6. The van der Waals surface area contributed by atoms with Crippen LogP contribution in [0.4, 0.5) is 0 Å². The Morgan fingerprint density at radius 1 is 1.64 bits per heavy atom. The number of aryl methyl sites for hydroxylation is 1. The van der Waals surface area contributed by atoms with Crippen molar-refractivity contribution >= 4 is 0 Å². The van der Waals surface area contributed by atoms with Crippen molar-refractivity contribution in [3.8, 4) is 12.3 Å². The van der Waals surface area contributed by atoms with Crippen LogP contribution in [0.1, 0.15) is 25.3 Å². The molecule has 0 unspecified atom stereocenters. The van der Waals surface area contributed by atoms with Crippen LogP contribution in [0.2, 0.25) is 0 Å². The van der Waals surface area contributed by atoms with E-state index in [-0.39, 0.29) is 0 Å². The zero-order valence-corrected chi connectivity index (χ0v) is 8.66. The Hall–Kier alpha value is -1.27. The topological polar surface area (TPSA) is 29.9 Å². The molecule has 76 valence electrons. The van der Waals surface area contributed by atoms with E-state index in [1.165, 1.54) is 5.56 Å². The predicted molar refractivity (Wildman–Crippen MR) is 57.7 cm³/mol. The van der Waals surface area contributed by atoms with Crippen molar-refractivity contribution in [2.24, 2.45) is 0 Å². The third kappa shape index (κ3) is 3.63. The van der Waals surface area contributed by atoms with Gasteiger partial charge in [-0.15, -0.1) is 12.3 Å². The van der Waals surface area contributed by atoms with E-state index in [1.807, 2.05) is 10.9 Å². The molecule has 3 nitrogen and oxygen atoms in total. The van der Waals surface area contributed by atoms with Gasteiger partial charge in [0.25, 0.3) is 0 Å². The quantitative estimate of drug-likeness (QED) is 0.544. The standard InChI is InChI=1S/C11H17N3/c1-3-5-6-12-8-11-9-13-14(10-11)7-4-2/h1,9-10,12H,4-8H2,2H3. The maximum absolute atomic E-state index is 5.15. The molecular formula is C11H17N3. The van der Waals surface area contributed by atoms with E-state index >= 15 is 0 Å². The molecule has 0 atom stereocenters. The lowest BCUT2D eigenvalue weighted by molar-refractivity contribution is 0.601. The Morgan fingerprint density at radius 3 is 3.21 bits per heavy atom. The fourth-order valence-corrected chi connectivity index (χ4v) is 1.24. The summed E-state index contributed by atoms with van der Waals surface area (Å²) < 4.78 is 1.97. The van der Waals surface area contributed by atoms with Gasteiger partial charge in [-0.3, -0.25) is 4.68 Å². The fraction of sp³-hybridized carbons (Fsp3) is 0.545. The normalized spacial score (nSPS) is 10.0. The second-order valence-electron chi connectivity index (χ2n) is 3.24. The fourth-order valence-electron chi connectivity index (χ4n) is 1.24. The molecule has 1 aromatic rings. The Balaban J connectivity index is 2.26. The van der Waals surface area contributed by atoms with E-state index in [9.17, 15) is 0 Å². The number of nitrogens with one attached hydrogen (secondary N) is 1. The first kappa shape index (κ1) is 10.8. The molecular weight excluding hydrogens is 174 g/mol. The molecule has 1 aromatic heterocycles. The van der Waals surface area contributed by atoms with Crippen LogP contribution in [0, 0.1) is 12.3 Å². The highest BCUT2D eigenvalue weighted by molar-refractivity contribution is 5.03. The first-order valence-electron chi connectivity index (χ1n) is 5.02. The van der Waals surface area contributed by atoms with Gasteiger partial charge in [0.2, 0.25) is 0 Å². The molecule has 0 amide bonds. The van der Waals surface area contributed by atoms with Crippen LogP contribution in [-0.4, -0.2) is 16.3 Å². The Bertz CT molecular complexity index is 296. The van der Waals surface area contributed by atoms with Crippen molar-refractivity contribution in [1.29, 1.82) is 0 Å². The predicted octanol–water partition coefficient (Wildman–Crippen LogP) is 1.41. The van der Waals surface area contributed by atoms with Gasteiger partial charge in [0.05, 0.1) is 6.20 Å². The zero-order valence-electron chi connectivity index (χ0n) is 8.66. The summed E-state index contributed by atoms with van der Waals surface area (Å²) in [7, 11) is 0. The van der Waals surface area contributed by atoms with Gasteiger partial charge < -0.3 is 5.32 Å². The summed E-state index contributed by atoms with van der Waals surface area (Å²) >= 11 is 0. The van der Waals surface area contributed by atoms with Gasteiger partial charge in [-0.05, 0) is 6.42 Å². The monoisotopic (exact) mass is 191 g/mol. The number of nitrogens with zero attached hydrogens (tertiary/aromatic N) is 2. The lowest BCUT2D eigenvalue weighted by Gasteiger charge is -1.98. The molecule has 1 heterocycles. The van der Waals surface area contributed by atoms with Gasteiger partial charge in [0, 0.05) is 37.8 Å². The van der Waals surface area contributed by atoms with Crippen LogP contribution in [0.3, 0.4) is 0 Å². The molecule has 3 heteroatoms. The van der Waals surface area contributed by atoms with E-state index in [1.54, 1.807) is 0 Å². The maximum atomic E-state index is 5.15. The minimum atomic E-state index is 0.781. The van der Waals surface area contributed by atoms with Gasteiger partial charge in [-0.2, -0.15) is 5.10 Å². The van der Waals surface area contributed by atoms with Crippen LogP contribution in [0.5, 0.6) is 0 Å². The highest BCUT2D eigenvalue weighted by Crippen LogP contribution is 1.97. The summed E-state index contributed by atoms with van der Waals surface area (Å²) in [6, 6.07) is 0. The SMILES string of the molecule is C#CCCNCc1cnn(CCC)c1. The average Bonchev–Trinajstić information content (AvgIpc) is 2.61. The summed E-state index contributed by atoms with van der Waals surface area (Å²) in [5, 5.41) is 7.50. The summed E-state index contributed by atoms with van der Waals surface area (Å²) in [5.41, 5.74) is 1.22. The Kier molecular flexibility index (Phi) is 4.81. The summed E-state index contributed by atoms with van der Waals surface area (Å²) in [6.45, 7) is 4.86. The zero-order chi connectivity index (χ0) is 10.2. The van der Waals surface area contributed by atoms with Gasteiger partial charge in [-0.1, -0.05) is 6.92 Å². The number of hydrogen-bond donors (Lipinski definition) is 1. The van der Waals surface area contributed by atoms with Crippen LogP contribution in [-0.2, 0) is 13.1 Å². The first-order valence-corrected chi connectivity index (χ1v) is 5.02. The van der Waals surface area contributed by atoms with Crippen molar-refractivity contribution in [3.05, 3.63) is 18.0 Å². The van der Waals surface area contributed by atoms with Crippen molar-refractivity contribution in [2.45, 2.75) is 32.9 Å². The van der Waals surface area contributed by atoms with Gasteiger partial charge in [0.15, 0.2) is 0 Å². The second-order valence-corrected chi connectivity index (χ2v) is 3.24. The van der Waals surface area contributed by atoms with Crippen molar-refractivity contribution in [2.75, 3.05) is 6.54 Å². The molecule has 1 N–H and O–H groups in total. The van der Waals surface area contributed by atoms with E-state index in [2.05, 4.69) is 29.5 Å². The third-order valence-corrected chi connectivity index (χ3v) is 1.91. The van der Waals surface area contributed by atoms with Crippen molar-refractivity contribution < 1.29 is 0 Å². The molecule has 0 aromatic carbocycles. The molecule has 14 heavy (non-hydrogen) atoms. The third-order valence-electron chi connectivity index (χ3n) is 1.91. The minimum Gasteiger partial charge on any atom is -0.312 e. The van der Waals surface area contributed by atoms with Gasteiger partial charge >= 0.3 is 0 Å². The molecule has 0 bridgehead atoms. The molecule has 1 rings (SSSR count). The maximum Gasteiger partial charge on any atom is 0.0534 e. The minimum absolute atomic E-state index is 0.781. The molecule has 0 saturated carbocycles. The lowest BCUT2D eigenvalue weighted by atomic mass is 10.3. The highest BCUT2D eigenvalue weighted by atomic mass is 15.3. The van der Waals surface area contributed by atoms with E-state index < -0.39 is 0 Å².